The molecule has 0 bridgehead atoms. The number of aryl methyl sites for hydroxylation is 1. The topological polar surface area (TPSA) is 31.2 Å². The maximum absolute atomic E-state index is 10.2. The number of para-hydroxylation sites is 1. The van der Waals surface area contributed by atoms with Gasteiger partial charge in [0.25, 0.3) is 0 Å². The molecule has 1 heterocycles. The third kappa shape index (κ3) is 6.77. The van der Waals surface area contributed by atoms with Crippen molar-refractivity contribution in [3.05, 3.63) is 42.1 Å². The van der Waals surface area contributed by atoms with E-state index in [1.54, 1.807) is 0 Å². The zero-order valence-electron chi connectivity index (χ0n) is 16.8. The summed E-state index contributed by atoms with van der Waals surface area (Å²) in [6.07, 6.45) is 8.11. The number of nitrogens with zero attached hydrogens (tertiary/aromatic N) is 1. The van der Waals surface area contributed by atoms with Gasteiger partial charge >= 0.3 is 5.97 Å². The van der Waals surface area contributed by atoms with Gasteiger partial charge in [-0.05, 0) is 45.3 Å². The second kappa shape index (κ2) is 9.45. The molecule has 2 aromatic rings. The van der Waals surface area contributed by atoms with Crippen LogP contribution in [0.3, 0.4) is 0 Å². The molecule has 3 nitrogen and oxygen atoms in total. The van der Waals surface area contributed by atoms with E-state index in [1.807, 2.05) is 20.8 Å². The van der Waals surface area contributed by atoms with Gasteiger partial charge in [-0.1, -0.05) is 44.5 Å². The number of fused-ring (bicyclic) bond motifs is 1. The van der Waals surface area contributed by atoms with Crippen molar-refractivity contribution in [2.75, 3.05) is 0 Å². The summed E-state index contributed by atoms with van der Waals surface area (Å²) in [5.41, 5.74) is 3.89. The van der Waals surface area contributed by atoms with E-state index in [-0.39, 0.29) is 11.6 Å². The van der Waals surface area contributed by atoms with E-state index in [0.29, 0.717) is 0 Å². The maximum atomic E-state index is 10.2. The molecule has 0 fully saturated rings. The first-order valence-electron chi connectivity index (χ1n) is 9.12. The van der Waals surface area contributed by atoms with E-state index in [4.69, 9.17) is 4.74 Å². The fraction of sp³-hybridized carbons (Fsp3) is 0.500. The predicted molar refractivity (Wildman–Crippen MR) is 108 cm³/mol. The zero-order valence-corrected chi connectivity index (χ0v) is 16.8. The van der Waals surface area contributed by atoms with Crippen molar-refractivity contribution in [3.63, 3.8) is 0 Å². The molecule has 0 radical (unpaired) electrons. The molecule has 0 saturated carbocycles. The average Bonchev–Trinajstić information content (AvgIpc) is 2.83. The Hall–Kier alpha value is -2.03. The molecule has 0 amide bonds. The number of carbonyl (C=O) groups excluding carboxylic acids is 1. The predicted octanol–water partition coefficient (Wildman–Crippen LogP) is 6.12. The fourth-order valence-electron chi connectivity index (χ4n) is 2.89. The highest BCUT2D eigenvalue weighted by molar-refractivity contribution is 5.93. The molecule has 0 saturated heterocycles. The van der Waals surface area contributed by atoms with Gasteiger partial charge in [0.15, 0.2) is 0 Å². The van der Waals surface area contributed by atoms with Crippen molar-refractivity contribution in [2.45, 2.75) is 66.4 Å². The summed E-state index contributed by atoms with van der Waals surface area (Å²) in [6, 6.07) is 8.65. The van der Waals surface area contributed by atoms with Gasteiger partial charge in [-0.2, -0.15) is 0 Å². The van der Waals surface area contributed by atoms with E-state index >= 15 is 0 Å². The molecule has 1 aromatic heterocycles. The van der Waals surface area contributed by atoms with Crippen LogP contribution in [-0.2, 0) is 16.6 Å². The number of benzene rings is 1. The van der Waals surface area contributed by atoms with Gasteiger partial charge < -0.3 is 9.30 Å². The van der Waals surface area contributed by atoms with Crippen molar-refractivity contribution in [1.82, 2.24) is 4.57 Å². The average molecular weight is 344 g/mol. The third-order valence-corrected chi connectivity index (χ3v) is 3.66. The molecular formula is C22H33NO2. The van der Waals surface area contributed by atoms with Crippen molar-refractivity contribution in [2.24, 2.45) is 7.05 Å². The number of aromatic nitrogens is 1. The number of hydrogen-bond acceptors (Lipinski definition) is 2. The quantitative estimate of drug-likeness (QED) is 0.626. The van der Waals surface area contributed by atoms with Crippen LogP contribution in [-0.4, -0.2) is 16.1 Å². The summed E-state index contributed by atoms with van der Waals surface area (Å²) in [5, 5.41) is 1.38. The number of hydrogen-bond donors (Lipinski definition) is 0. The molecule has 1 aromatic carbocycles. The van der Waals surface area contributed by atoms with Gasteiger partial charge in [0.1, 0.15) is 5.60 Å². The van der Waals surface area contributed by atoms with Gasteiger partial charge in [-0.3, -0.25) is 4.79 Å². The Morgan fingerprint density at radius 3 is 2.32 bits per heavy atom. The lowest BCUT2D eigenvalue weighted by Gasteiger charge is -2.17. The van der Waals surface area contributed by atoms with Crippen molar-refractivity contribution < 1.29 is 9.53 Å². The fourth-order valence-corrected chi connectivity index (χ4v) is 2.89. The van der Waals surface area contributed by atoms with Gasteiger partial charge in [0.05, 0.1) is 0 Å². The van der Waals surface area contributed by atoms with Crippen LogP contribution in [0.5, 0.6) is 0 Å². The van der Waals surface area contributed by atoms with Crippen LogP contribution in [0.25, 0.3) is 16.5 Å². The molecule has 138 valence electrons. The minimum Gasteiger partial charge on any atom is -0.460 e. The third-order valence-electron chi connectivity index (χ3n) is 3.66. The highest BCUT2D eigenvalue weighted by atomic mass is 16.6. The Labute approximate surface area is 152 Å². The van der Waals surface area contributed by atoms with E-state index in [0.717, 1.165) is 6.42 Å². The lowest BCUT2D eigenvalue weighted by molar-refractivity contribution is -0.151. The highest BCUT2D eigenvalue weighted by Gasteiger charge is 2.11. The first kappa shape index (κ1) is 21.0. The maximum Gasteiger partial charge on any atom is 0.303 e. The Morgan fingerprint density at radius 2 is 1.84 bits per heavy atom. The summed E-state index contributed by atoms with van der Waals surface area (Å²) >= 11 is 0. The molecule has 0 aliphatic rings. The number of ether oxygens (including phenoxy) is 1. The van der Waals surface area contributed by atoms with Crippen LogP contribution >= 0.6 is 0 Å². The van der Waals surface area contributed by atoms with Crippen molar-refractivity contribution in [1.29, 1.82) is 0 Å². The van der Waals surface area contributed by atoms with Crippen molar-refractivity contribution in [3.8, 4) is 0 Å². The van der Waals surface area contributed by atoms with Gasteiger partial charge in [0.2, 0.25) is 0 Å². The molecule has 3 heteroatoms. The van der Waals surface area contributed by atoms with Crippen LogP contribution in [0.2, 0.25) is 0 Å². The Bertz CT molecular complexity index is 717. The zero-order chi connectivity index (χ0) is 19.0. The first-order valence-corrected chi connectivity index (χ1v) is 9.12. The molecule has 25 heavy (non-hydrogen) atoms. The molecule has 0 spiro atoms. The monoisotopic (exact) mass is 343 g/mol. The molecule has 0 unspecified atom stereocenters. The summed E-state index contributed by atoms with van der Waals surface area (Å²) in [4.78, 5) is 10.2. The van der Waals surface area contributed by atoms with Crippen molar-refractivity contribution >= 4 is 22.4 Å². The number of rotatable bonds is 4. The Balaban J connectivity index is 0.000000333. The lowest BCUT2D eigenvalue weighted by Crippen LogP contribution is -2.21. The minimum absolute atomic E-state index is 0.225. The van der Waals surface area contributed by atoms with E-state index in [2.05, 4.69) is 62.0 Å². The molecule has 0 N–H and O–H groups in total. The number of allylic oxidation sites excluding steroid dienone is 2. The summed E-state index contributed by atoms with van der Waals surface area (Å²) < 4.78 is 7.02. The van der Waals surface area contributed by atoms with Gasteiger partial charge in [-0.15, -0.1) is 0 Å². The van der Waals surface area contributed by atoms with E-state index < -0.39 is 0 Å². The Kier molecular flexibility index (Phi) is 7.95. The normalized spacial score (nSPS) is 11.9. The minimum atomic E-state index is -0.328. The van der Waals surface area contributed by atoms with Crippen LogP contribution in [0.1, 0.15) is 66.4 Å². The summed E-state index contributed by atoms with van der Waals surface area (Å²) in [7, 11) is 2.13. The smallest absolute Gasteiger partial charge is 0.303 e. The second-order valence-corrected chi connectivity index (χ2v) is 7.26. The number of esters is 1. The SMILES string of the molecule is CC(=O)OC(C)(C)C.CC/C=C(\CCC)c1cn(C)c2ccccc12. The van der Waals surface area contributed by atoms with Gasteiger partial charge in [-0.25, -0.2) is 0 Å². The molecule has 2 rings (SSSR count). The lowest BCUT2D eigenvalue weighted by atomic mass is 10.00. The van der Waals surface area contributed by atoms with Gasteiger partial charge in [0, 0.05) is 36.6 Å². The first-order chi connectivity index (χ1) is 11.7. The van der Waals surface area contributed by atoms with E-state index in [1.165, 1.54) is 41.8 Å². The standard InChI is InChI=1S/C16H21N.C6H12O2/c1-4-8-13(9-5-2)15-12-17(3)16-11-7-6-10-14(15)16;1-5(7)8-6(2,3)4/h6-8,10-12H,4-5,9H2,1-3H3;1-4H3/b13-8+;. The van der Waals surface area contributed by atoms with Crippen LogP contribution in [0.15, 0.2) is 36.5 Å². The second-order valence-electron chi connectivity index (χ2n) is 7.26. The largest absolute Gasteiger partial charge is 0.460 e. The molecule has 0 atom stereocenters. The molecule has 0 aliphatic carbocycles. The van der Waals surface area contributed by atoms with E-state index in [9.17, 15) is 4.79 Å². The molecular weight excluding hydrogens is 310 g/mol. The highest BCUT2D eigenvalue weighted by Crippen LogP contribution is 2.29. The van der Waals surface area contributed by atoms with Crippen LogP contribution in [0, 0.1) is 0 Å². The molecule has 0 aliphatic heterocycles. The summed E-state index contributed by atoms with van der Waals surface area (Å²) in [5.74, 6) is -0.225. The number of carbonyl (C=O) groups is 1. The Morgan fingerprint density at radius 1 is 1.20 bits per heavy atom. The van der Waals surface area contributed by atoms with Crippen LogP contribution < -0.4 is 0 Å². The summed E-state index contributed by atoms with van der Waals surface area (Å²) in [6.45, 7) is 11.4. The van der Waals surface area contributed by atoms with Crippen LogP contribution in [0.4, 0.5) is 0 Å².